The second-order valence-electron chi connectivity index (χ2n) is 3.63. The smallest absolute Gasteiger partial charge is 0.320 e. The number of nitrogens with two attached hydrogens (primary N) is 1. The van der Waals surface area contributed by atoms with Crippen LogP contribution in [0.5, 0.6) is 0 Å². The zero-order valence-electron chi connectivity index (χ0n) is 9.55. The van der Waals surface area contributed by atoms with Crippen molar-refractivity contribution in [2.45, 2.75) is 12.3 Å². The van der Waals surface area contributed by atoms with Crippen molar-refractivity contribution >= 4 is 29.2 Å². The Morgan fingerprint density at radius 3 is 2.89 bits per heavy atom. The minimum absolute atomic E-state index is 0.208. The third kappa shape index (κ3) is 2.78. The van der Waals surface area contributed by atoms with Crippen LogP contribution in [0.4, 0.5) is 11.7 Å². The van der Waals surface area contributed by atoms with Gasteiger partial charge in [-0.2, -0.15) is 0 Å². The fraction of sp³-hybridized carbons (Fsp3) is 0.182. The molecule has 0 radical (unpaired) electrons. The van der Waals surface area contributed by atoms with Gasteiger partial charge < -0.3 is 15.5 Å². The summed E-state index contributed by atoms with van der Waals surface area (Å²) in [5.74, 6) is -0.176. The maximum Gasteiger partial charge on any atom is 0.320 e. The molecule has 1 heterocycles. The molecule has 1 aromatic heterocycles. The summed E-state index contributed by atoms with van der Waals surface area (Å²) >= 11 is 5.80. The van der Waals surface area contributed by atoms with Gasteiger partial charge in [0.25, 0.3) is 0 Å². The number of carbonyl (C=O) groups excluding carboxylic acids is 1. The zero-order valence-corrected chi connectivity index (χ0v) is 10.3. The molecule has 0 aliphatic carbocycles. The third-order valence-electron chi connectivity index (χ3n) is 2.18. The molecule has 7 heteroatoms. The predicted octanol–water partition coefficient (Wildman–Crippen LogP) is 2.21. The lowest BCUT2D eigenvalue weighted by Crippen LogP contribution is -2.10. The van der Waals surface area contributed by atoms with Crippen LogP contribution in [-0.2, 0) is 0 Å². The van der Waals surface area contributed by atoms with E-state index in [1.165, 1.54) is 0 Å². The lowest BCUT2D eigenvalue weighted by atomic mass is 10.2. The number of anilines is 2. The molecule has 0 spiro atoms. The molecule has 1 unspecified atom stereocenters. The van der Waals surface area contributed by atoms with Crippen molar-refractivity contribution in [1.82, 2.24) is 10.2 Å². The maximum absolute atomic E-state index is 11.0. The molecule has 2 aromatic rings. The lowest BCUT2D eigenvalue weighted by Gasteiger charge is -2.02. The van der Waals surface area contributed by atoms with Crippen molar-refractivity contribution in [2.24, 2.45) is 5.73 Å². The summed E-state index contributed by atoms with van der Waals surface area (Å²) in [7, 11) is 0. The fourth-order valence-corrected chi connectivity index (χ4v) is 1.41. The number of nitrogens with zero attached hydrogens (tertiary/aromatic N) is 2. The number of alkyl halides is 1. The molecule has 0 saturated heterocycles. The number of rotatable bonds is 4. The van der Waals surface area contributed by atoms with E-state index in [2.05, 4.69) is 15.5 Å². The first-order valence-electron chi connectivity index (χ1n) is 5.20. The van der Waals surface area contributed by atoms with Gasteiger partial charge in [0.05, 0.1) is 0 Å². The number of halogens is 1. The molecular formula is C11H11ClN4O2. The number of nitrogens with one attached hydrogen (secondary N) is 1. The largest absolute Gasteiger partial charge is 0.406 e. The summed E-state index contributed by atoms with van der Waals surface area (Å²) in [5, 5.41) is 10.1. The van der Waals surface area contributed by atoms with Crippen molar-refractivity contribution < 1.29 is 9.21 Å². The number of aromatic nitrogens is 2. The van der Waals surface area contributed by atoms with Gasteiger partial charge in [0.15, 0.2) is 0 Å². The van der Waals surface area contributed by atoms with Gasteiger partial charge in [0.2, 0.25) is 11.8 Å². The van der Waals surface area contributed by atoms with E-state index in [0.29, 0.717) is 17.1 Å². The fourth-order valence-electron chi connectivity index (χ4n) is 1.32. The van der Waals surface area contributed by atoms with Crippen LogP contribution in [-0.4, -0.2) is 16.1 Å². The van der Waals surface area contributed by atoms with Gasteiger partial charge in [-0.25, -0.2) is 0 Å². The standard InChI is InChI=1S/C11H11ClN4O2/c1-6(12)10-15-16-11(18-10)14-8-4-2-3-7(5-8)9(13)17/h2-6H,1H3,(H2,13,17)(H,14,16). The molecule has 1 amide bonds. The topological polar surface area (TPSA) is 94.0 Å². The molecule has 1 aromatic carbocycles. The Morgan fingerprint density at radius 2 is 2.28 bits per heavy atom. The van der Waals surface area contributed by atoms with Crippen LogP contribution in [0.15, 0.2) is 28.7 Å². The Bertz CT molecular complexity index is 568. The highest BCUT2D eigenvalue weighted by Gasteiger charge is 2.11. The quantitative estimate of drug-likeness (QED) is 0.828. The SMILES string of the molecule is CC(Cl)c1nnc(Nc2cccc(C(N)=O)c2)o1. The van der Waals surface area contributed by atoms with Crippen LogP contribution < -0.4 is 11.1 Å². The number of benzene rings is 1. The van der Waals surface area contributed by atoms with E-state index in [9.17, 15) is 4.79 Å². The lowest BCUT2D eigenvalue weighted by molar-refractivity contribution is 0.100. The normalized spacial score (nSPS) is 12.1. The number of hydrogen-bond donors (Lipinski definition) is 2. The summed E-state index contributed by atoms with van der Waals surface area (Å²) in [4.78, 5) is 11.0. The molecular weight excluding hydrogens is 256 g/mol. The first kappa shape index (κ1) is 12.4. The van der Waals surface area contributed by atoms with Gasteiger partial charge in [0.1, 0.15) is 5.38 Å². The molecule has 6 nitrogen and oxygen atoms in total. The van der Waals surface area contributed by atoms with Gasteiger partial charge in [-0.05, 0) is 25.1 Å². The van der Waals surface area contributed by atoms with E-state index in [1.54, 1.807) is 31.2 Å². The molecule has 3 N–H and O–H groups in total. The monoisotopic (exact) mass is 266 g/mol. The van der Waals surface area contributed by atoms with Crippen LogP contribution >= 0.6 is 11.6 Å². The summed E-state index contributed by atoms with van der Waals surface area (Å²) in [6.07, 6.45) is 0. The molecule has 0 bridgehead atoms. The van der Waals surface area contributed by atoms with E-state index in [0.717, 1.165) is 0 Å². The summed E-state index contributed by atoms with van der Waals surface area (Å²) < 4.78 is 5.27. The average molecular weight is 267 g/mol. The van der Waals surface area contributed by atoms with Crippen molar-refractivity contribution in [3.05, 3.63) is 35.7 Å². The first-order valence-corrected chi connectivity index (χ1v) is 5.64. The van der Waals surface area contributed by atoms with Crippen LogP contribution in [0.3, 0.4) is 0 Å². The van der Waals surface area contributed by atoms with Crippen molar-refractivity contribution in [3.8, 4) is 0 Å². The van der Waals surface area contributed by atoms with Crippen LogP contribution in [0, 0.1) is 0 Å². The zero-order chi connectivity index (χ0) is 13.1. The minimum Gasteiger partial charge on any atom is -0.406 e. The number of hydrogen-bond acceptors (Lipinski definition) is 5. The summed E-state index contributed by atoms with van der Waals surface area (Å²) in [6, 6.07) is 6.87. The van der Waals surface area contributed by atoms with Crippen LogP contribution in [0.25, 0.3) is 0 Å². The predicted molar refractivity (Wildman–Crippen MR) is 66.8 cm³/mol. The first-order chi connectivity index (χ1) is 8.56. The van der Waals surface area contributed by atoms with Crippen LogP contribution in [0.1, 0.15) is 28.5 Å². The molecule has 0 fully saturated rings. The Hall–Kier alpha value is -2.08. The maximum atomic E-state index is 11.0. The average Bonchev–Trinajstić information content (AvgIpc) is 2.78. The molecule has 0 aliphatic heterocycles. The van der Waals surface area contributed by atoms with E-state index in [1.807, 2.05) is 0 Å². The molecule has 94 valence electrons. The Morgan fingerprint density at radius 1 is 1.50 bits per heavy atom. The number of primary amides is 1. The van der Waals surface area contributed by atoms with Gasteiger partial charge in [-0.15, -0.1) is 16.7 Å². The highest BCUT2D eigenvalue weighted by atomic mass is 35.5. The highest BCUT2D eigenvalue weighted by Crippen LogP contribution is 2.22. The highest BCUT2D eigenvalue weighted by molar-refractivity contribution is 6.20. The van der Waals surface area contributed by atoms with E-state index >= 15 is 0 Å². The Kier molecular flexibility index (Phi) is 3.47. The molecule has 1 atom stereocenters. The van der Waals surface area contributed by atoms with Gasteiger partial charge >= 0.3 is 6.01 Å². The Labute approximate surface area is 108 Å². The second kappa shape index (κ2) is 5.05. The molecule has 18 heavy (non-hydrogen) atoms. The van der Waals surface area contributed by atoms with Gasteiger partial charge in [-0.3, -0.25) is 4.79 Å². The van der Waals surface area contributed by atoms with Crippen molar-refractivity contribution in [2.75, 3.05) is 5.32 Å². The van der Waals surface area contributed by atoms with Gasteiger partial charge in [-0.1, -0.05) is 11.2 Å². The van der Waals surface area contributed by atoms with Crippen LogP contribution in [0.2, 0.25) is 0 Å². The van der Waals surface area contributed by atoms with Crippen molar-refractivity contribution in [1.29, 1.82) is 0 Å². The van der Waals surface area contributed by atoms with E-state index in [4.69, 9.17) is 21.8 Å². The molecule has 0 saturated carbocycles. The summed E-state index contributed by atoms with van der Waals surface area (Å²) in [6.45, 7) is 1.73. The number of amides is 1. The third-order valence-corrected chi connectivity index (χ3v) is 2.37. The molecule has 0 aliphatic rings. The Balaban J connectivity index is 2.17. The van der Waals surface area contributed by atoms with E-state index in [-0.39, 0.29) is 11.4 Å². The van der Waals surface area contributed by atoms with Crippen molar-refractivity contribution in [3.63, 3.8) is 0 Å². The minimum atomic E-state index is -0.501. The summed E-state index contributed by atoms with van der Waals surface area (Å²) in [5.41, 5.74) is 6.21. The number of carbonyl (C=O) groups is 1. The molecule has 2 rings (SSSR count). The van der Waals surface area contributed by atoms with Gasteiger partial charge in [0, 0.05) is 11.3 Å². The second-order valence-corrected chi connectivity index (χ2v) is 4.29. The van der Waals surface area contributed by atoms with E-state index < -0.39 is 5.91 Å².